The summed E-state index contributed by atoms with van der Waals surface area (Å²) in [4.78, 5) is 27.4. The number of hydrogen-bond acceptors (Lipinski definition) is 3. The summed E-state index contributed by atoms with van der Waals surface area (Å²) in [5, 5.41) is 2.91. The molecule has 0 aliphatic heterocycles. The van der Waals surface area contributed by atoms with Crippen LogP contribution in [0.3, 0.4) is 0 Å². The molecule has 5 nitrogen and oxygen atoms in total. The number of aromatic nitrogens is 2. The third-order valence-electron chi connectivity index (χ3n) is 4.05. The highest BCUT2D eigenvalue weighted by Crippen LogP contribution is 2.30. The maximum absolute atomic E-state index is 12.0. The molecule has 5 heteroatoms. The lowest BCUT2D eigenvalue weighted by atomic mass is 9.94. The fourth-order valence-corrected chi connectivity index (χ4v) is 2.87. The van der Waals surface area contributed by atoms with E-state index < -0.39 is 0 Å². The van der Waals surface area contributed by atoms with Crippen molar-refractivity contribution in [2.75, 3.05) is 6.54 Å². The second-order valence-corrected chi connectivity index (χ2v) is 5.69. The van der Waals surface area contributed by atoms with E-state index in [0.717, 1.165) is 12.3 Å². The molecule has 1 aromatic rings. The molecule has 0 spiro atoms. The van der Waals surface area contributed by atoms with Crippen LogP contribution in [-0.4, -0.2) is 22.0 Å². The predicted octanol–water partition coefficient (Wildman–Crippen LogP) is 1.58. The third-order valence-corrected chi connectivity index (χ3v) is 4.05. The fraction of sp³-hybridized carbons (Fsp3) is 0.667. The largest absolute Gasteiger partial charge is 0.354 e. The van der Waals surface area contributed by atoms with Crippen LogP contribution in [-0.2, 0) is 11.3 Å². The predicted molar refractivity (Wildman–Crippen MR) is 77.2 cm³/mol. The van der Waals surface area contributed by atoms with Crippen molar-refractivity contribution in [1.29, 1.82) is 0 Å². The van der Waals surface area contributed by atoms with Gasteiger partial charge in [-0.15, -0.1) is 0 Å². The molecule has 0 unspecified atom stereocenters. The van der Waals surface area contributed by atoms with Crippen LogP contribution < -0.4 is 10.9 Å². The molecular formula is C15H23N3O2. The van der Waals surface area contributed by atoms with Crippen molar-refractivity contribution < 1.29 is 4.79 Å². The van der Waals surface area contributed by atoms with Crippen LogP contribution in [0.4, 0.5) is 0 Å². The summed E-state index contributed by atoms with van der Waals surface area (Å²) in [5.74, 6) is 0.870. The van der Waals surface area contributed by atoms with E-state index in [-0.39, 0.29) is 17.4 Å². The molecule has 1 aliphatic carbocycles. The minimum atomic E-state index is -0.0896. The Morgan fingerprint density at radius 1 is 1.50 bits per heavy atom. The highest BCUT2D eigenvalue weighted by atomic mass is 16.2. The number of amides is 1. The molecular weight excluding hydrogens is 254 g/mol. The van der Waals surface area contributed by atoms with Gasteiger partial charge in [0.2, 0.25) is 5.91 Å². The number of carbonyl (C=O) groups excluding carboxylic acids is 1. The molecule has 1 saturated carbocycles. The van der Waals surface area contributed by atoms with Crippen molar-refractivity contribution in [1.82, 2.24) is 14.9 Å². The van der Waals surface area contributed by atoms with E-state index in [4.69, 9.17) is 0 Å². The number of rotatable bonds is 6. The van der Waals surface area contributed by atoms with Gasteiger partial charge in [0.25, 0.3) is 5.56 Å². The first-order valence-electron chi connectivity index (χ1n) is 7.45. The highest BCUT2D eigenvalue weighted by molar-refractivity contribution is 5.78. The van der Waals surface area contributed by atoms with Crippen molar-refractivity contribution >= 4 is 5.91 Å². The fourth-order valence-electron chi connectivity index (χ4n) is 2.87. The Morgan fingerprint density at radius 2 is 2.25 bits per heavy atom. The van der Waals surface area contributed by atoms with Gasteiger partial charge in [0, 0.05) is 31.3 Å². The molecule has 110 valence electrons. The lowest BCUT2D eigenvalue weighted by Crippen LogP contribution is -2.34. The summed E-state index contributed by atoms with van der Waals surface area (Å²) >= 11 is 0. The van der Waals surface area contributed by atoms with Crippen LogP contribution in [0, 0.1) is 11.8 Å². The van der Waals surface area contributed by atoms with Gasteiger partial charge in [-0.1, -0.05) is 32.6 Å². The molecule has 2 rings (SSSR count). The van der Waals surface area contributed by atoms with Crippen LogP contribution in [0.15, 0.2) is 23.4 Å². The zero-order valence-corrected chi connectivity index (χ0v) is 12.0. The van der Waals surface area contributed by atoms with Gasteiger partial charge in [-0.05, 0) is 12.3 Å². The van der Waals surface area contributed by atoms with Gasteiger partial charge in [-0.25, -0.2) is 4.98 Å². The molecule has 0 bridgehead atoms. The van der Waals surface area contributed by atoms with Crippen molar-refractivity contribution in [3.63, 3.8) is 0 Å². The smallest absolute Gasteiger partial charge is 0.253 e. The average molecular weight is 277 g/mol. The minimum Gasteiger partial charge on any atom is -0.354 e. The van der Waals surface area contributed by atoms with E-state index in [1.807, 2.05) is 6.92 Å². The van der Waals surface area contributed by atoms with Gasteiger partial charge < -0.3 is 5.32 Å². The van der Waals surface area contributed by atoms with Gasteiger partial charge in [0.05, 0.1) is 6.33 Å². The molecule has 1 aromatic heterocycles. The minimum absolute atomic E-state index is 0.0590. The molecule has 1 N–H and O–H groups in total. The molecule has 0 aromatic carbocycles. The summed E-state index contributed by atoms with van der Waals surface area (Å²) in [7, 11) is 0. The van der Waals surface area contributed by atoms with Gasteiger partial charge in [0.1, 0.15) is 0 Å². The third kappa shape index (κ3) is 4.18. The Hall–Kier alpha value is -1.65. The van der Waals surface area contributed by atoms with Gasteiger partial charge in [0.15, 0.2) is 0 Å². The second kappa shape index (κ2) is 7.22. The van der Waals surface area contributed by atoms with Crippen molar-refractivity contribution in [3.8, 4) is 0 Å². The average Bonchev–Trinajstić information content (AvgIpc) is 2.93. The molecule has 0 saturated heterocycles. The number of nitrogens with zero attached hydrogens (tertiary/aromatic N) is 2. The Labute approximate surface area is 119 Å². The normalized spacial score (nSPS) is 17.1. The summed E-state index contributed by atoms with van der Waals surface area (Å²) in [6.07, 6.45) is 9.10. The van der Waals surface area contributed by atoms with Crippen LogP contribution >= 0.6 is 0 Å². The molecule has 20 heavy (non-hydrogen) atoms. The highest BCUT2D eigenvalue weighted by Gasteiger charge is 2.21. The van der Waals surface area contributed by atoms with Gasteiger partial charge in [-0.3, -0.25) is 14.2 Å². The van der Waals surface area contributed by atoms with Crippen molar-refractivity contribution in [2.24, 2.45) is 11.8 Å². The van der Waals surface area contributed by atoms with Crippen LogP contribution in [0.1, 0.15) is 39.0 Å². The standard InChI is InChI=1S/C15H23N3O2/c1-12(10-13-4-2-3-5-13)15(20)17-8-9-18-11-16-7-6-14(18)19/h6-7,11-13H,2-5,8-10H2,1H3,(H,17,20)/t12-/m0/s1. The molecule has 1 atom stereocenters. The van der Waals surface area contributed by atoms with E-state index in [1.54, 1.807) is 0 Å². The molecule has 1 fully saturated rings. The quantitative estimate of drug-likeness (QED) is 0.858. The first-order valence-corrected chi connectivity index (χ1v) is 7.45. The second-order valence-electron chi connectivity index (χ2n) is 5.69. The Balaban J connectivity index is 1.71. The van der Waals surface area contributed by atoms with E-state index in [9.17, 15) is 9.59 Å². The molecule has 1 heterocycles. The maximum Gasteiger partial charge on any atom is 0.253 e. The van der Waals surface area contributed by atoms with E-state index >= 15 is 0 Å². The summed E-state index contributed by atoms with van der Waals surface area (Å²) < 4.78 is 1.50. The van der Waals surface area contributed by atoms with Gasteiger partial charge >= 0.3 is 0 Å². The van der Waals surface area contributed by atoms with E-state index in [1.165, 1.54) is 48.8 Å². The lowest BCUT2D eigenvalue weighted by Gasteiger charge is -2.16. The van der Waals surface area contributed by atoms with E-state index in [2.05, 4.69) is 10.3 Å². The number of hydrogen-bond donors (Lipinski definition) is 1. The topological polar surface area (TPSA) is 64.0 Å². The van der Waals surface area contributed by atoms with Crippen LogP contribution in [0.5, 0.6) is 0 Å². The SMILES string of the molecule is C[C@@H](CC1CCCC1)C(=O)NCCn1cnccc1=O. The summed E-state index contributed by atoms with van der Waals surface area (Å²) in [5.41, 5.74) is -0.0896. The summed E-state index contributed by atoms with van der Waals surface area (Å²) in [6.45, 7) is 2.93. The van der Waals surface area contributed by atoms with Crippen LogP contribution in [0.2, 0.25) is 0 Å². The Morgan fingerprint density at radius 3 is 2.95 bits per heavy atom. The Kier molecular flexibility index (Phi) is 5.32. The van der Waals surface area contributed by atoms with Gasteiger partial charge in [-0.2, -0.15) is 0 Å². The number of nitrogens with one attached hydrogen (secondary N) is 1. The first kappa shape index (κ1) is 14.8. The molecule has 1 aliphatic rings. The van der Waals surface area contributed by atoms with E-state index in [0.29, 0.717) is 13.1 Å². The Bertz CT molecular complexity index is 492. The zero-order chi connectivity index (χ0) is 14.4. The molecule has 0 radical (unpaired) electrons. The number of carbonyl (C=O) groups is 1. The summed E-state index contributed by atoms with van der Waals surface area (Å²) in [6, 6.07) is 1.42. The van der Waals surface area contributed by atoms with Crippen molar-refractivity contribution in [3.05, 3.63) is 28.9 Å². The molecule has 1 amide bonds. The first-order chi connectivity index (χ1) is 9.66. The van der Waals surface area contributed by atoms with Crippen molar-refractivity contribution in [2.45, 2.75) is 45.6 Å². The van der Waals surface area contributed by atoms with Crippen LogP contribution in [0.25, 0.3) is 0 Å². The zero-order valence-electron chi connectivity index (χ0n) is 12.0. The monoisotopic (exact) mass is 277 g/mol. The maximum atomic E-state index is 12.0. The lowest BCUT2D eigenvalue weighted by molar-refractivity contribution is -0.125.